The number of urea groups is 1. The molecule has 5 rings (SSSR count). The number of methoxy groups -OCH3 is 1. The van der Waals surface area contributed by atoms with E-state index < -0.39 is 0 Å². The molecule has 3 heterocycles. The molecule has 0 spiro atoms. The van der Waals surface area contributed by atoms with Crippen molar-refractivity contribution in [1.29, 1.82) is 0 Å². The molecule has 2 amide bonds. The average molecular weight is 480 g/mol. The van der Waals surface area contributed by atoms with Crippen LogP contribution in [0.1, 0.15) is 37.1 Å². The van der Waals surface area contributed by atoms with E-state index in [2.05, 4.69) is 36.1 Å². The zero-order valence-electron chi connectivity index (χ0n) is 19.6. The molecular formula is C24H29N7O2S. The SMILES string of the molecule is COc1cc2[nH]ncc2cc1Nc1ncnc2sc3c(c12)CCC(CCNC(=O)NC(C)C)C3. The Morgan fingerprint density at radius 2 is 2.21 bits per heavy atom. The standard InChI is InChI=1S/C24H29N7O2S/c1-13(2)29-24(32)25-7-6-14-4-5-16-20(8-14)34-23-21(16)22(26-12-27-23)30-18-9-15-11-28-31-17(15)10-19(18)33-3/h9-14H,4-8H2,1-3H3,(H,28,31)(H2,25,29,32)(H,26,27,30). The molecule has 10 heteroatoms. The van der Waals surface area contributed by atoms with E-state index in [-0.39, 0.29) is 12.1 Å². The number of carbonyl (C=O) groups is 1. The molecule has 9 nitrogen and oxygen atoms in total. The summed E-state index contributed by atoms with van der Waals surface area (Å²) in [5, 5.41) is 18.5. The number of aromatic amines is 1. The number of aromatic nitrogens is 4. The van der Waals surface area contributed by atoms with E-state index in [4.69, 9.17) is 4.74 Å². The van der Waals surface area contributed by atoms with E-state index in [1.54, 1.807) is 31.0 Å². The first-order chi connectivity index (χ1) is 16.5. The van der Waals surface area contributed by atoms with Crippen LogP contribution < -0.4 is 20.7 Å². The summed E-state index contributed by atoms with van der Waals surface area (Å²) in [6.45, 7) is 4.61. The predicted octanol–water partition coefficient (Wildman–Crippen LogP) is 4.52. The third kappa shape index (κ3) is 4.50. The second-order valence-corrected chi connectivity index (χ2v) is 10.1. The molecule has 0 radical (unpaired) electrons. The largest absolute Gasteiger partial charge is 0.494 e. The molecule has 1 atom stereocenters. The highest BCUT2D eigenvalue weighted by atomic mass is 32.1. The van der Waals surface area contributed by atoms with Gasteiger partial charge in [0.2, 0.25) is 0 Å². The lowest BCUT2D eigenvalue weighted by Crippen LogP contribution is -2.40. The molecule has 0 saturated heterocycles. The first-order valence-corrected chi connectivity index (χ1v) is 12.4. The summed E-state index contributed by atoms with van der Waals surface area (Å²) in [4.78, 5) is 23.4. The van der Waals surface area contributed by atoms with Crippen LogP contribution in [0, 0.1) is 5.92 Å². The number of nitrogens with one attached hydrogen (secondary N) is 4. The number of amides is 2. The summed E-state index contributed by atoms with van der Waals surface area (Å²) in [7, 11) is 1.66. The van der Waals surface area contributed by atoms with Gasteiger partial charge in [-0.3, -0.25) is 5.10 Å². The number of fused-ring (bicyclic) bond motifs is 4. The molecule has 178 valence electrons. The maximum atomic E-state index is 11.8. The van der Waals surface area contributed by atoms with E-state index in [1.165, 1.54) is 10.4 Å². The van der Waals surface area contributed by atoms with Crippen molar-refractivity contribution in [2.45, 2.75) is 45.6 Å². The molecule has 0 fully saturated rings. The fourth-order valence-corrected chi connectivity index (χ4v) is 5.89. The summed E-state index contributed by atoms with van der Waals surface area (Å²) in [6.07, 6.45) is 7.46. The van der Waals surface area contributed by atoms with Gasteiger partial charge in [-0.1, -0.05) is 0 Å². The minimum Gasteiger partial charge on any atom is -0.494 e. The number of benzene rings is 1. The van der Waals surface area contributed by atoms with Crippen LogP contribution in [0.25, 0.3) is 21.1 Å². The van der Waals surface area contributed by atoms with Gasteiger partial charge in [-0.15, -0.1) is 11.3 Å². The molecular weight excluding hydrogens is 450 g/mol. The summed E-state index contributed by atoms with van der Waals surface area (Å²) in [5.41, 5.74) is 3.11. The van der Waals surface area contributed by atoms with Crippen LogP contribution in [0.3, 0.4) is 0 Å². The first kappa shape index (κ1) is 22.4. The molecule has 0 aliphatic heterocycles. The smallest absolute Gasteiger partial charge is 0.314 e. The molecule has 1 aliphatic carbocycles. The second kappa shape index (κ2) is 9.46. The normalized spacial score (nSPS) is 15.5. The maximum absolute atomic E-state index is 11.8. The van der Waals surface area contributed by atoms with Gasteiger partial charge < -0.3 is 20.7 Å². The lowest BCUT2D eigenvalue weighted by Gasteiger charge is -2.22. The third-order valence-electron chi connectivity index (χ3n) is 6.22. The number of carbonyl (C=O) groups excluding carboxylic acids is 1. The van der Waals surface area contributed by atoms with Crippen LogP contribution in [0.15, 0.2) is 24.7 Å². The highest BCUT2D eigenvalue weighted by molar-refractivity contribution is 7.19. The molecule has 3 aromatic heterocycles. The zero-order chi connectivity index (χ0) is 23.7. The lowest BCUT2D eigenvalue weighted by atomic mass is 9.86. The van der Waals surface area contributed by atoms with E-state index in [0.717, 1.165) is 64.1 Å². The van der Waals surface area contributed by atoms with Crippen molar-refractivity contribution in [1.82, 2.24) is 30.8 Å². The number of hydrogen-bond donors (Lipinski definition) is 4. The van der Waals surface area contributed by atoms with Gasteiger partial charge in [0.15, 0.2) is 0 Å². The third-order valence-corrected chi connectivity index (χ3v) is 7.38. The average Bonchev–Trinajstić information content (AvgIpc) is 3.41. The minimum atomic E-state index is -0.0941. The van der Waals surface area contributed by atoms with Gasteiger partial charge in [0, 0.05) is 28.9 Å². The van der Waals surface area contributed by atoms with Gasteiger partial charge >= 0.3 is 6.03 Å². The molecule has 1 aromatic carbocycles. The van der Waals surface area contributed by atoms with Crippen molar-refractivity contribution in [3.8, 4) is 5.75 Å². The lowest BCUT2D eigenvalue weighted by molar-refractivity contribution is 0.237. The van der Waals surface area contributed by atoms with E-state index in [0.29, 0.717) is 12.5 Å². The Balaban J connectivity index is 1.35. The Labute approximate surface area is 201 Å². The number of aryl methyl sites for hydroxylation is 1. The topological polar surface area (TPSA) is 117 Å². The fraction of sp³-hybridized carbons (Fsp3) is 0.417. The van der Waals surface area contributed by atoms with Gasteiger partial charge in [0.25, 0.3) is 0 Å². The Hall–Kier alpha value is -3.40. The number of thiophene rings is 1. The van der Waals surface area contributed by atoms with Gasteiger partial charge in [-0.25, -0.2) is 14.8 Å². The number of H-pyrrole nitrogens is 1. The number of rotatable bonds is 7. The first-order valence-electron chi connectivity index (χ1n) is 11.6. The van der Waals surface area contributed by atoms with Crippen molar-refractivity contribution in [3.63, 3.8) is 0 Å². The summed E-state index contributed by atoms with van der Waals surface area (Å²) >= 11 is 1.75. The van der Waals surface area contributed by atoms with Crippen LogP contribution in [-0.2, 0) is 12.8 Å². The Morgan fingerprint density at radius 3 is 3.03 bits per heavy atom. The molecule has 1 aliphatic rings. The second-order valence-electron chi connectivity index (χ2n) is 8.99. The highest BCUT2D eigenvalue weighted by Crippen LogP contribution is 2.42. The summed E-state index contributed by atoms with van der Waals surface area (Å²) < 4.78 is 5.61. The van der Waals surface area contributed by atoms with Crippen molar-refractivity contribution in [3.05, 3.63) is 35.1 Å². The molecule has 4 aromatic rings. The van der Waals surface area contributed by atoms with E-state index >= 15 is 0 Å². The summed E-state index contributed by atoms with van der Waals surface area (Å²) in [5.74, 6) is 2.07. The molecule has 0 saturated carbocycles. The van der Waals surface area contributed by atoms with Gasteiger partial charge in [0.05, 0.1) is 29.9 Å². The minimum absolute atomic E-state index is 0.0941. The zero-order valence-corrected chi connectivity index (χ0v) is 20.4. The van der Waals surface area contributed by atoms with Crippen LogP contribution in [-0.4, -0.2) is 45.9 Å². The predicted molar refractivity (Wildman–Crippen MR) is 135 cm³/mol. The van der Waals surface area contributed by atoms with Crippen molar-refractivity contribution >= 4 is 50.0 Å². The Bertz CT molecular complexity index is 1330. The highest BCUT2D eigenvalue weighted by Gasteiger charge is 2.25. The Morgan fingerprint density at radius 1 is 1.32 bits per heavy atom. The van der Waals surface area contributed by atoms with Crippen molar-refractivity contribution in [2.75, 3.05) is 19.0 Å². The number of anilines is 2. The monoisotopic (exact) mass is 479 g/mol. The van der Waals surface area contributed by atoms with Crippen LogP contribution in [0.2, 0.25) is 0 Å². The van der Waals surface area contributed by atoms with Crippen molar-refractivity contribution < 1.29 is 9.53 Å². The Kier molecular flexibility index (Phi) is 6.23. The number of nitrogens with zero attached hydrogens (tertiary/aromatic N) is 3. The van der Waals surface area contributed by atoms with Crippen LogP contribution >= 0.6 is 11.3 Å². The summed E-state index contributed by atoms with van der Waals surface area (Å²) in [6, 6.07) is 4.00. The number of ether oxygens (including phenoxy) is 1. The van der Waals surface area contributed by atoms with Crippen molar-refractivity contribution in [2.24, 2.45) is 5.92 Å². The maximum Gasteiger partial charge on any atom is 0.314 e. The van der Waals surface area contributed by atoms with E-state index in [9.17, 15) is 4.79 Å². The van der Waals surface area contributed by atoms with Crippen LogP contribution in [0.5, 0.6) is 5.75 Å². The quantitative estimate of drug-likeness (QED) is 0.310. The van der Waals surface area contributed by atoms with E-state index in [1.807, 2.05) is 26.0 Å². The number of hydrogen-bond acceptors (Lipinski definition) is 7. The van der Waals surface area contributed by atoms with Gasteiger partial charge in [-0.05, 0) is 57.1 Å². The van der Waals surface area contributed by atoms with Crippen LogP contribution in [0.4, 0.5) is 16.3 Å². The fourth-order valence-electron chi connectivity index (χ4n) is 4.59. The van der Waals surface area contributed by atoms with Gasteiger partial charge in [-0.2, -0.15) is 5.10 Å². The van der Waals surface area contributed by atoms with Gasteiger partial charge in [0.1, 0.15) is 22.7 Å². The molecule has 1 unspecified atom stereocenters. The molecule has 0 bridgehead atoms. The molecule has 34 heavy (non-hydrogen) atoms. The molecule has 4 N–H and O–H groups in total.